The first-order chi connectivity index (χ1) is 5.68. The summed E-state index contributed by atoms with van der Waals surface area (Å²) in [6.45, 7) is 0. The molecular weight excluding hydrogens is 156 g/mol. The summed E-state index contributed by atoms with van der Waals surface area (Å²) in [7, 11) is 0. The molecule has 0 amide bonds. The van der Waals surface area contributed by atoms with Gasteiger partial charge in [-0.2, -0.15) is 0 Å². The summed E-state index contributed by atoms with van der Waals surface area (Å²) in [6, 6.07) is 0. The summed E-state index contributed by atoms with van der Waals surface area (Å²) in [5, 5.41) is 18.4. The lowest BCUT2D eigenvalue weighted by Crippen LogP contribution is -2.23. The number of rotatable bonds is 1. The minimum Gasteiger partial charge on any atom is -0.481 e. The normalized spacial score (nSPS) is 46.1. The van der Waals surface area contributed by atoms with Gasteiger partial charge in [0, 0.05) is 0 Å². The first-order valence-corrected chi connectivity index (χ1v) is 4.59. The Bertz CT molecular complexity index is 202. The molecule has 0 heterocycles. The molecule has 2 fully saturated rings. The van der Waals surface area contributed by atoms with Gasteiger partial charge in [0.1, 0.15) is 0 Å². The first-order valence-electron chi connectivity index (χ1n) is 4.59. The molecule has 2 aliphatic carbocycles. The molecule has 0 spiro atoms. The van der Waals surface area contributed by atoms with Crippen LogP contribution in [0.5, 0.6) is 0 Å². The van der Waals surface area contributed by atoms with E-state index in [4.69, 9.17) is 5.11 Å². The summed E-state index contributed by atoms with van der Waals surface area (Å²) in [5.74, 6) is -0.232. The van der Waals surface area contributed by atoms with E-state index in [1.165, 1.54) is 0 Å². The molecule has 0 aliphatic heterocycles. The van der Waals surface area contributed by atoms with Crippen LogP contribution in [0.15, 0.2) is 0 Å². The van der Waals surface area contributed by atoms with Crippen molar-refractivity contribution in [1.82, 2.24) is 0 Å². The van der Waals surface area contributed by atoms with Gasteiger partial charge in [0.15, 0.2) is 0 Å². The van der Waals surface area contributed by atoms with E-state index < -0.39 is 5.97 Å². The minimum atomic E-state index is -0.670. The lowest BCUT2D eigenvalue weighted by Gasteiger charge is -2.24. The van der Waals surface area contributed by atoms with Gasteiger partial charge in [-0.15, -0.1) is 0 Å². The summed E-state index contributed by atoms with van der Waals surface area (Å²) in [5.41, 5.74) is 0. The van der Waals surface area contributed by atoms with Gasteiger partial charge in [-0.25, -0.2) is 0 Å². The van der Waals surface area contributed by atoms with Crippen molar-refractivity contribution < 1.29 is 15.0 Å². The molecule has 12 heavy (non-hydrogen) atoms. The van der Waals surface area contributed by atoms with Gasteiger partial charge in [-0.05, 0) is 37.5 Å². The van der Waals surface area contributed by atoms with E-state index in [0.717, 1.165) is 19.3 Å². The van der Waals surface area contributed by atoms with Crippen LogP contribution in [0.2, 0.25) is 0 Å². The SMILES string of the molecule is O=C(O)C1C[C@H]2C[C@@H]1CCC2O. The van der Waals surface area contributed by atoms with Gasteiger partial charge in [0.25, 0.3) is 0 Å². The van der Waals surface area contributed by atoms with Crippen molar-refractivity contribution in [3.8, 4) is 0 Å². The number of aliphatic hydroxyl groups is 1. The Morgan fingerprint density at radius 3 is 2.50 bits per heavy atom. The smallest absolute Gasteiger partial charge is 0.306 e. The van der Waals surface area contributed by atoms with Crippen molar-refractivity contribution in [2.24, 2.45) is 17.8 Å². The minimum absolute atomic E-state index is 0.174. The zero-order valence-corrected chi connectivity index (χ0v) is 6.94. The van der Waals surface area contributed by atoms with Gasteiger partial charge in [0.2, 0.25) is 0 Å². The predicted molar refractivity (Wildman–Crippen MR) is 42.6 cm³/mol. The van der Waals surface area contributed by atoms with E-state index in [-0.39, 0.29) is 17.9 Å². The number of aliphatic hydroxyl groups excluding tert-OH is 1. The first kappa shape index (κ1) is 8.05. The molecule has 2 rings (SSSR count). The molecule has 0 radical (unpaired) electrons. The van der Waals surface area contributed by atoms with Crippen LogP contribution in [-0.4, -0.2) is 22.3 Å². The number of hydrogen-bond acceptors (Lipinski definition) is 2. The quantitative estimate of drug-likeness (QED) is 0.614. The van der Waals surface area contributed by atoms with E-state index in [0.29, 0.717) is 12.3 Å². The topological polar surface area (TPSA) is 57.5 Å². The maximum Gasteiger partial charge on any atom is 0.306 e. The van der Waals surface area contributed by atoms with Crippen LogP contribution in [0.1, 0.15) is 25.7 Å². The number of carboxylic acids is 1. The molecule has 3 heteroatoms. The maximum atomic E-state index is 10.8. The Labute approximate surface area is 71.4 Å². The molecule has 0 aromatic carbocycles. The second-order valence-corrected chi connectivity index (χ2v) is 4.08. The van der Waals surface area contributed by atoms with E-state index in [1.54, 1.807) is 0 Å². The zero-order chi connectivity index (χ0) is 8.72. The van der Waals surface area contributed by atoms with E-state index in [9.17, 15) is 9.90 Å². The monoisotopic (exact) mass is 170 g/mol. The van der Waals surface area contributed by atoms with Crippen LogP contribution >= 0.6 is 0 Å². The number of aliphatic carboxylic acids is 1. The molecule has 2 N–H and O–H groups in total. The number of hydrogen-bond donors (Lipinski definition) is 2. The van der Waals surface area contributed by atoms with Gasteiger partial charge in [0.05, 0.1) is 12.0 Å². The van der Waals surface area contributed by atoms with Crippen molar-refractivity contribution in [2.75, 3.05) is 0 Å². The van der Waals surface area contributed by atoms with Crippen LogP contribution < -0.4 is 0 Å². The van der Waals surface area contributed by atoms with E-state index in [2.05, 4.69) is 0 Å². The molecule has 68 valence electrons. The summed E-state index contributed by atoms with van der Waals surface area (Å²) in [4.78, 5) is 10.8. The third-order valence-electron chi connectivity index (χ3n) is 3.43. The lowest BCUT2D eigenvalue weighted by atomic mass is 9.85. The predicted octanol–water partition coefficient (Wildman–Crippen LogP) is 0.868. The van der Waals surface area contributed by atoms with Crippen LogP contribution in [0, 0.1) is 17.8 Å². The van der Waals surface area contributed by atoms with Crippen molar-refractivity contribution in [3.63, 3.8) is 0 Å². The molecule has 2 aliphatic rings. The molecule has 3 nitrogen and oxygen atoms in total. The zero-order valence-electron chi connectivity index (χ0n) is 6.94. The molecule has 2 unspecified atom stereocenters. The van der Waals surface area contributed by atoms with Crippen LogP contribution in [0.25, 0.3) is 0 Å². The fourth-order valence-electron chi connectivity index (χ4n) is 2.72. The fraction of sp³-hybridized carbons (Fsp3) is 0.889. The Hall–Kier alpha value is -0.570. The highest BCUT2D eigenvalue weighted by atomic mass is 16.4. The fourth-order valence-corrected chi connectivity index (χ4v) is 2.72. The standard InChI is InChI=1S/C9H14O3/c10-8-2-1-5-3-6(8)4-7(5)9(11)12/h5-8,10H,1-4H2,(H,11,12)/t5-,6+,7?,8?/m0/s1. The van der Waals surface area contributed by atoms with Gasteiger partial charge >= 0.3 is 5.97 Å². The van der Waals surface area contributed by atoms with Crippen molar-refractivity contribution in [3.05, 3.63) is 0 Å². The van der Waals surface area contributed by atoms with Crippen molar-refractivity contribution >= 4 is 5.97 Å². The average molecular weight is 170 g/mol. The van der Waals surface area contributed by atoms with Gasteiger partial charge in [-0.1, -0.05) is 0 Å². The highest BCUT2D eigenvalue weighted by molar-refractivity contribution is 5.70. The third-order valence-corrected chi connectivity index (χ3v) is 3.43. The average Bonchev–Trinajstić information content (AvgIpc) is 2.37. The maximum absolute atomic E-state index is 10.8. The van der Waals surface area contributed by atoms with Crippen LogP contribution in [-0.2, 0) is 4.79 Å². The van der Waals surface area contributed by atoms with Gasteiger partial charge in [-0.3, -0.25) is 4.79 Å². The van der Waals surface area contributed by atoms with Crippen molar-refractivity contribution in [1.29, 1.82) is 0 Å². The van der Waals surface area contributed by atoms with Crippen LogP contribution in [0.4, 0.5) is 0 Å². The number of carbonyl (C=O) groups is 1. The second-order valence-electron chi connectivity index (χ2n) is 4.08. The Morgan fingerprint density at radius 1 is 1.17 bits per heavy atom. The Kier molecular flexibility index (Phi) is 1.83. The Morgan fingerprint density at radius 2 is 1.92 bits per heavy atom. The van der Waals surface area contributed by atoms with E-state index >= 15 is 0 Å². The molecular formula is C9H14O3. The number of carboxylic acid groups (broad SMARTS) is 1. The lowest BCUT2D eigenvalue weighted by molar-refractivity contribution is -0.142. The third kappa shape index (κ3) is 1.12. The summed E-state index contributed by atoms with van der Waals surface area (Å²) in [6.07, 6.45) is 3.10. The highest BCUT2D eigenvalue weighted by Gasteiger charge is 2.44. The van der Waals surface area contributed by atoms with Crippen LogP contribution in [0.3, 0.4) is 0 Å². The molecule has 0 saturated heterocycles. The summed E-state index contributed by atoms with van der Waals surface area (Å²) >= 11 is 0. The second kappa shape index (κ2) is 2.73. The van der Waals surface area contributed by atoms with Gasteiger partial charge < -0.3 is 10.2 Å². The Balaban J connectivity index is 2.10. The molecule has 0 aromatic heterocycles. The van der Waals surface area contributed by atoms with E-state index in [1.807, 2.05) is 0 Å². The molecule has 2 saturated carbocycles. The molecule has 2 bridgehead atoms. The largest absolute Gasteiger partial charge is 0.481 e. The highest BCUT2D eigenvalue weighted by Crippen LogP contribution is 2.45. The van der Waals surface area contributed by atoms with Crippen molar-refractivity contribution in [2.45, 2.75) is 31.8 Å². The summed E-state index contributed by atoms with van der Waals surface area (Å²) < 4.78 is 0. The molecule has 4 atom stereocenters. The molecule has 0 aromatic rings. The number of fused-ring (bicyclic) bond motifs is 2.